The van der Waals surface area contributed by atoms with Gasteiger partial charge in [0, 0.05) is 17.5 Å². The number of carboxylic acid groups (broad SMARTS) is 1. The highest BCUT2D eigenvalue weighted by Crippen LogP contribution is 2.39. The molecule has 0 unspecified atom stereocenters. The van der Waals surface area contributed by atoms with E-state index in [0.717, 1.165) is 4.68 Å². The number of nitro benzene ring substituents is 1. The Kier molecular flexibility index (Phi) is 15.3. The summed E-state index contributed by atoms with van der Waals surface area (Å²) in [6.07, 6.45) is 4.56. The number of nitrogens with one attached hydrogen (secondary N) is 1. The van der Waals surface area contributed by atoms with E-state index in [2.05, 4.69) is 16.3 Å². The molecule has 1 heterocycles. The van der Waals surface area contributed by atoms with Gasteiger partial charge < -0.3 is 34.5 Å². The molecule has 4 aromatic rings. The summed E-state index contributed by atoms with van der Waals surface area (Å²) in [4.78, 5) is 48.2. The Morgan fingerprint density at radius 2 is 1.78 bits per heavy atom. The molecule has 0 aliphatic rings. The van der Waals surface area contributed by atoms with Gasteiger partial charge in [-0.2, -0.15) is 4.68 Å². The normalized spacial score (nSPS) is 10.9. The quantitative estimate of drug-likeness (QED) is 0.0417. The first-order valence-corrected chi connectivity index (χ1v) is 16.8. The van der Waals surface area contributed by atoms with Gasteiger partial charge in [-0.1, -0.05) is 79.7 Å². The third kappa shape index (κ3) is 13.0. The van der Waals surface area contributed by atoms with Gasteiger partial charge in [0.05, 0.1) is 33.5 Å². The minimum atomic E-state index is -4.10. The predicted molar refractivity (Wildman–Crippen MR) is 187 cm³/mol. The lowest BCUT2D eigenvalue weighted by Gasteiger charge is -2.11. The van der Waals surface area contributed by atoms with Gasteiger partial charge in [0.2, 0.25) is 5.89 Å². The second-order valence-corrected chi connectivity index (χ2v) is 13.5. The number of para-hydroxylation sites is 1. The topological polar surface area (TPSA) is 243 Å². The van der Waals surface area contributed by atoms with Crippen LogP contribution in [0, 0.1) is 22.5 Å². The molecule has 0 radical (unpaired) electrons. The molecule has 50 heavy (non-hydrogen) atoms. The third-order valence-electron chi connectivity index (χ3n) is 5.61. The summed E-state index contributed by atoms with van der Waals surface area (Å²) in [5.41, 5.74) is 5.14. The number of nitrogen functional groups attached to an aromatic ring is 1. The Balaban J connectivity index is 0.000000279. The van der Waals surface area contributed by atoms with E-state index in [0.29, 0.717) is 23.1 Å². The summed E-state index contributed by atoms with van der Waals surface area (Å²) >= 11 is 18.1. The molecule has 20 heteroatoms. The maximum absolute atomic E-state index is 12.0. The number of benzene rings is 3. The molecular formula is C30H31Cl3N5O11P. The standard InChI is InChI=1S/C15H14Cl2N2O3.C12H9ClN2O3.C3H8NO5P/c1-5-6-21-12-8-11(9(16)7-10(12)17)19-14(20)22-13(18-19)15(2,3)4;13-11-10(18-8-4-2-1-3-5-8)7-6-9(12(11)14)15(16)17;5-3(6)1-4-2-10(7,8)9/h1,7-8H,6H2,2-4H3;1-7H,14H2;4H,1-2H2,(H,5,6)(H2,7,8,9). The van der Waals surface area contributed by atoms with Crippen molar-refractivity contribution in [3.63, 3.8) is 0 Å². The molecule has 0 aliphatic carbocycles. The van der Waals surface area contributed by atoms with Gasteiger partial charge in [-0.3, -0.25) is 24.8 Å². The number of rotatable bonds is 10. The van der Waals surface area contributed by atoms with E-state index in [9.17, 15) is 24.3 Å². The number of nitrogens with zero attached hydrogens (tertiary/aromatic N) is 3. The first-order chi connectivity index (χ1) is 23.2. The van der Waals surface area contributed by atoms with Crippen LogP contribution < -0.4 is 26.3 Å². The highest BCUT2D eigenvalue weighted by molar-refractivity contribution is 7.51. The van der Waals surface area contributed by atoms with Crippen LogP contribution in [0.25, 0.3) is 5.69 Å². The summed E-state index contributed by atoms with van der Waals surface area (Å²) in [5.74, 6) is 2.02. The largest absolute Gasteiger partial charge is 0.480 e. The molecular weight excluding hydrogens is 744 g/mol. The van der Waals surface area contributed by atoms with Crippen molar-refractivity contribution in [1.29, 1.82) is 0 Å². The molecule has 0 amide bonds. The Hall–Kier alpha value is -4.59. The van der Waals surface area contributed by atoms with Gasteiger partial charge in [0.25, 0.3) is 5.69 Å². The fourth-order valence-electron chi connectivity index (χ4n) is 3.37. The van der Waals surface area contributed by atoms with E-state index < -0.39 is 42.5 Å². The van der Waals surface area contributed by atoms with E-state index in [1.807, 2.05) is 26.8 Å². The maximum atomic E-state index is 12.0. The van der Waals surface area contributed by atoms with Crippen LogP contribution in [0.3, 0.4) is 0 Å². The van der Waals surface area contributed by atoms with Crippen LogP contribution in [0.15, 0.2) is 63.8 Å². The summed E-state index contributed by atoms with van der Waals surface area (Å²) in [6, 6.07) is 14.6. The number of nitrogens with two attached hydrogens (primary N) is 1. The molecule has 4 rings (SSSR count). The fourth-order valence-corrected chi connectivity index (χ4v) is 4.49. The first-order valence-electron chi connectivity index (χ1n) is 13.8. The Labute approximate surface area is 300 Å². The number of carbonyl (C=O) groups is 1. The van der Waals surface area contributed by atoms with E-state index >= 15 is 0 Å². The van der Waals surface area contributed by atoms with Gasteiger partial charge in [0.15, 0.2) is 0 Å². The van der Waals surface area contributed by atoms with Gasteiger partial charge in [-0.25, -0.2) is 4.79 Å². The van der Waals surface area contributed by atoms with Crippen LogP contribution in [0.5, 0.6) is 17.2 Å². The molecule has 0 spiro atoms. The van der Waals surface area contributed by atoms with Crippen LogP contribution in [-0.4, -0.2) is 55.0 Å². The van der Waals surface area contributed by atoms with Crippen molar-refractivity contribution in [3.05, 3.63) is 96.2 Å². The van der Waals surface area contributed by atoms with Crippen molar-refractivity contribution in [1.82, 2.24) is 15.1 Å². The molecule has 16 nitrogen and oxygen atoms in total. The molecule has 0 bridgehead atoms. The molecule has 1 aromatic heterocycles. The average molecular weight is 775 g/mol. The molecule has 268 valence electrons. The second kappa shape index (κ2) is 18.4. The number of aromatic nitrogens is 2. The van der Waals surface area contributed by atoms with Crippen molar-refractivity contribution in [2.24, 2.45) is 0 Å². The summed E-state index contributed by atoms with van der Waals surface area (Å²) in [7, 11) is -4.10. The monoisotopic (exact) mass is 773 g/mol. The zero-order valence-corrected chi connectivity index (χ0v) is 29.7. The van der Waals surface area contributed by atoms with Crippen molar-refractivity contribution < 1.29 is 43.1 Å². The average Bonchev–Trinajstić information content (AvgIpc) is 3.41. The Morgan fingerprint density at radius 3 is 2.30 bits per heavy atom. The van der Waals surface area contributed by atoms with E-state index in [1.54, 1.807) is 24.3 Å². The highest BCUT2D eigenvalue weighted by Gasteiger charge is 2.24. The Morgan fingerprint density at radius 1 is 1.14 bits per heavy atom. The lowest BCUT2D eigenvalue weighted by Crippen LogP contribution is -2.23. The molecule has 0 atom stereocenters. The van der Waals surface area contributed by atoms with Crippen molar-refractivity contribution in [2.45, 2.75) is 26.2 Å². The molecule has 3 aromatic carbocycles. The number of anilines is 1. The SMILES string of the molecule is C#CCOc1cc(-n2nc(C(C)(C)C)oc2=O)c(Cl)cc1Cl.Nc1c([N+](=O)[O-])ccc(Oc2ccccc2)c1Cl.O=C(O)CNCP(=O)(O)O. The molecule has 0 aliphatic heterocycles. The maximum Gasteiger partial charge on any atom is 0.442 e. The van der Waals surface area contributed by atoms with E-state index in [4.69, 9.17) is 75.7 Å². The molecule has 6 N–H and O–H groups in total. The zero-order valence-electron chi connectivity index (χ0n) is 26.5. The smallest absolute Gasteiger partial charge is 0.442 e. The summed E-state index contributed by atoms with van der Waals surface area (Å²) < 4.78 is 27.1. The summed E-state index contributed by atoms with van der Waals surface area (Å²) in [6.45, 7) is 5.25. The molecule has 0 saturated carbocycles. The number of nitro groups is 1. The number of carboxylic acids is 1. The number of hydrogen-bond donors (Lipinski definition) is 5. The number of aliphatic carboxylic acids is 1. The third-order valence-corrected chi connectivity index (χ3v) is 7.24. The van der Waals surface area contributed by atoms with Gasteiger partial charge >= 0.3 is 19.3 Å². The lowest BCUT2D eigenvalue weighted by atomic mass is 9.97. The van der Waals surface area contributed by atoms with Gasteiger partial charge in [-0.15, -0.1) is 11.5 Å². The van der Waals surface area contributed by atoms with Crippen molar-refractivity contribution in [3.8, 4) is 35.3 Å². The molecule has 0 fully saturated rings. The number of hydrogen-bond acceptors (Lipinski definition) is 11. The van der Waals surface area contributed by atoms with Crippen LogP contribution in [0.4, 0.5) is 11.4 Å². The zero-order chi connectivity index (χ0) is 37.8. The van der Waals surface area contributed by atoms with Crippen molar-refractivity contribution in [2.75, 3.05) is 25.2 Å². The van der Waals surface area contributed by atoms with Crippen LogP contribution >= 0.6 is 42.4 Å². The first kappa shape index (κ1) is 41.6. The Bertz CT molecular complexity index is 1950. The minimum Gasteiger partial charge on any atom is -0.480 e. The number of ether oxygens (including phenoxy) is 2. The predicted octanol–water partition coefficient (Wildman–Crippen LogP) is 5.86. The lowest BCUT2D eigenvalue weighted by molar-refractivity contribution is -0.383. The van der Waals surface area contributed by atoms with Gasteiger partial charge in [0.1, 0.15) is 34.6 Å². The molecule has 0 saturated heterocycles. The minimum absolute atomic E-state index is 0.0352. The second-order valence-electron chi connectivity index (χ2n) is 10.7. The van der Waals surface area contributed by atoms with Gasteiger partial charge in [-0.05, 0) is 24.3 Å². The van der Waals surface area contributed by atoms with Crippen LogP contribution in [0.1, 0.15) is 26.7 Å². The highest BCUT2D eigenvalue weighted by atomic mass is 35.5. The van der Waals surface area contributed by atoms with Crippen molar-refractivity contribution >= 4 is 59.7 Å². The number of halogens is 3. The van der Waals surface area contributed by atoms with Crippen LogP contribution in [-0.2, 0) is 14.8 Å². The fraction of sp³-hybridized carbons (Fsp3) is 0.233. The van der Waals surface area contributed by atoms with E-state index in [-0.39, 0.29) is 38.8 Å². The van der Waals surface area contributed by atoms with Crippen LogP contribution in [0.2, 0.25) is 15.1 Å². The number of terminal acetylenes is 1. The van der Waals surface area contributed by atoms with E-state index in [1.165, 1.54) is 24.3 Å². The summed E-state index contributed by atoms with van der Waals surface area (Å²) in [5, 5.41) is 25.5.